The maximum absolute atomic E-state index is 10.1. The fraction of sp³-hybridized carbons (Fsp3) is 1.00. The minimum absolute atomic E-state index is 0. The van der Waals surface area contributed by atoms with Gasteiger partial charge in [-0.15, -0.1) is 5.60 Å². The third-order valence-electron chi connectivity index (χ3n) is 0.671. The van der Waals surface area contributed by atoms with E-state index >= 15 is 0 Å². The van der Waals surface area contributed by atoms with Gasteiger partial charge in [0.05, 0.1) is 0 Å². The van der Waals surface area contributed by atoms with E-state index in [9.17, 15) is 5.11 Å². The van der Waals surface area contributed by atoms with E-state index in [1.807, 2.05) is 0 Å². The van der Waals surface area contributed by atoms with Crippen LogP contribution in [-0.4, -0.2) is 22.1 Å². The topological polar surface area (TPSA) is 37.2 Å². The molecule has 0 aliphatic rings. The van der Waals surface area contributed by atoms with E-state index in [1.54, 1.807) is 20.8 Å². The molecule has 0 aromatic rings. The van der Waals surface area contributed by atoms with Crippen molar-refractivity contribution in [3.05, 3.63) is 4.65 Å². The van der Waals surface area contributed by atoms with Gasteiger partial charge in [-0.2, -0.15) is 0 Å². The van der Waals surface area contributed by atoms with Gasteiger partial charge in [-0.3, -0.25) is 0 Å². The first kappa shape index (κ1) is 27.9. The first-order chi connectivity index (χ1) is 5.71. The van der Waals surface area contributed by atoms with Gasteiger partial charge >= 0.3 is 103 Å². The van der Waals surface area contributed by atoms with E-state index in [4.69, 9.17) is 4.65 Å². The van der Waals surface area contributed by atoms with Crippen LogP contribution in [0.2, 0.25) is 39.3 Å². The Morgan fingerprint density at radius 3 is 0.875 bits per heavy atom. The first-order valence-corrected chi connectivity index (χ1v) is 12.0. The molecule has 0 aliphatic carbocycles. The summed E-state index contributed by atoms with van der Waals surface area (Å²) in [7, 11) is -2.21. The van der Waals surface area contributed by atoms with Crippen molar-refractivity contribution in [1.82, 2.24) is 0 Å². The van der Waals surface area contributed by atoms with E-state index in [0.29, 0.717) is 0 Å². The normalized spacial score (nSPS) is 11.6. The van der Waals surface area contributed by atoms with Crippen LogP contribution >= 0.6 is 0 Å². The summed E-state index contributed by atoms with van der Waals surface area (Å²) in [5, 5.41) is 10.1. The minimum Gasteiger partial charge on any atom is -0.850 e. The molecule has 0 fully saturated rings. The Hall–Kier alpha value is 3.63. The molecule has 6 heteroatoms. The smallest absolute Gasteiger partial charge is 0.850 e. The van der Waals surface area contributed by atoms with Gasteiger partial charge in [0.15, 0.2) is 0 Å². The average Bonchev–Trinajstić information content (AvgIpc) is 1.42. The molecule has 0 N–H and O–H groups in total. The number of nitrogens with zero attached hydrogens (tertiary/aromatic N) is 1. The van der Waals surface area contributed by atoms with Crippen molar-refractivity contribution >= 4 is 16.5 Å². The summed E-state index contributed by atoms with van der Waals surface area (Å²) in [6.07, 6.45) is 0. The summed E-state index contributed by atoms with van der Waals surface area (Å²) in [5.41, 5.74) is -0.750. The molecule has 0 amide bonds. The molecule has 88 valence electrons. The molecular weight excluding hydrogens is 284 g/mol. The summed E-state index contributed by atoms with van der Waals surface area (Å²) in [4.78, 5) is 0. The Morgan fingerprint density at radius 2 is 0.875 bits per heavy atom. The molecule has 16 heavy (non-hydrogen) atoms. The second-order valence-corrected chi connectivity index (χ2v) is 16.1. The van der Waals surface area contributed by atoms with Crippen LogP contribution in [-0.2, 0) is 0 Å². The monoisotopic (exact) mass is 311 g/mol. The fourth-order valence-electron chi connectivity index (χ4n) is 1.01. The standard InChI is InChI=1S/C6H18NSi2.C4H9O.2K/c1-8(2,3)7-9(4,5)6;1-4(2,3)5;;/h1-6H3;1-3H3;;/q2*-1;2*+1. The van der Waals surface area contributed by atoms with Crippen LogP contribution in [0.3, 0.4) is 0 Å². The average molecular weight is 312 g/mol. The van der Waals surface area contributed by atoms with Crippen molar-refractivity contribution in [1.29, 1.82) is 0 Å². The molecule has 0 radical (unpaired) electrons. The molecule has 0 aromatic heterocycles. The van der Waals surface area contributed by atoms with Gasteiger partial charge in [0.25, 0.3) is 0 Å². The zero-order chi connectivity index (χ0) is 12.2. The van der Waals surface area contributed by atoms with Gasteiger partial charge in [-0.1, -0.05) is 76.5 Å². The third-order valence-corrected chi connectivity index (χ3v) is 6.04. The van der Waals surface area contributed by atoms with Crippen molar-refractivity contribution in [2.75, 3.05) is 0 Å². The Kier molecular flexibility index (Phi) is 19.7. The molecule has 0 saturated carbocycles. The van der Waals surface area contributed by atoms with Gasteiger partial charge < -0.3 is 9.75 Å². The van der Waals surface area contributed by atoms with E-state index < -0.39 is 22.1 Å². The molecule has 0 heterocycles. The minimum atomic E-state index is -1.11. The Morgan fingerprint density at radius 1 is 0.750 bits per heavy atom. The number of hydrogen-bond acceptors (Lipinski definition) is 1. The van der Waals surface area contributed by atoms with Gasteiger partial charge in [0.1, 0.15) is 0 Å². The number of hydrogen-bond donors (Lipinski definition) is 0. The molecule has 0 aromatic carbocycles. The first-order valence-electron chi connectivity index (χ1n) is 5.15. The molecule has 0 atom stereocenters. The summed E-state index contributed by atoms with van der Waals surface area (Å²) >= 11 is 0. The van der Waals surface area contributed by atoms with Gasteiger partial charge in [0, 0.05) is 0 Å². The number of rotatable bonds is 2. The van der Waals surface area contributed by atoms with Crippen LogP contribution in [0.5, 0.6) is 0 Å². The van der Waals surface area contributed by atoms with Gasteiger partial charge in [0.2, 0.25) is 0 Å². The zero-order valence-electron chi connectivity index (χ0n) is 13.4. The van der Waals surface area contributed by atoms with Gasteiger partial charge in [-0.05, 0) is 0 Å². The second-order valence-electron chi connectivity index (χ2n) is 6.57. The summed E-state index contributed by atoms with van der Waals surface area (Å²) in [5.74, 6) is 0. The van der Waals surface area contributed by atoms with Crippen LogP contribution in [0.15, 0.2) is 0 Å². The van der Waals surface area contributed by atoms with Crippen LogP contribution in [0, 0.1) is 0 Å². The Balaban J connectivity index is -0.0000000904. The zero-order valence-corrected chi connectivity index (χ0v) is 21.6. The molecule has 0 spiro atoms. The van der Waals surface area contributed by atoms with Crippen LogP contribution < -0.4 is 108 Å². The summed E-state index contributed by atoms with van der Waals surface area (Å²) in [6.45, 7) is 18.7. The van der Waals surface area contributed by atoms with Crippen molar-refractivity contribution < 1.29 is 108 Å². The van der Waals surface area contributed by atoms with E-state index in [2.05, 4.69) is 39.3 Å². The van der Waals surface area contributed by atoms with Crippen molar-refractivity contribution in [2.45, 2.75) is 65.7 Å². The molecule has 0 rings (SSSR count). The Labute approximate surface area is 190 Å². The Bertz CT molecular complexity index is 142. The molecule has 0 bridgehead atoms. The van der Waals surface area contributed by atoms with Crippen molar-refractivity contribution in [3.8, 4) is 0 Å². The molecule has 2 nitrogen and oxygen atoms in total. The SMILES string of the molecule is CC(C)(C)[O-].C[Si](C)(C)[N-][Si](C)(C)C.[K+].[K+]. The van der Waals surface area contributed by atoms with Crippen LogP contribution in [0.4, 0.5) is 0 Å². The summed E-state index contributed by atoms with van der Waals surface area (Å²) in [6, 6.07) is 0. The predicted molar refractivity (Wildman–Crippen MR) is 69.8 cm³/mol. The molecular formula is C10H27K2NOSi2. The van der Waals surface area contributed by atoms with Crippen LogP contribution in [0.1, 0.15) is 20.8 Å². The van der Waals surface area contributed by atoms with Crippen LogP contribution in [0.25, 0.3) is 4.65 Å². The predicted octanol–water partition coefficient (Wildman–Crippen LogP) is -2.82. The molecule has 0 saturated heterocycles. The van der Waals surface area contributed by atoms with E-state index in [-0.39, 0.29) is 103 Å². The van der Waals surface area contributed by atoms with Crippen molar-refractivity contribution in [2.24, 2.45) is 0 Å². The quantitative estimate of drug-likeness (QED) is 0.507. The fourth-order valence-corrected chi connectivity index (χ4v) is 9.06. The van der Waals surface area contributed by atoms with Gasteiger partial charge in [-0.25, -0.2) is 0 Å². The van der Waals surface area contributed by atoms with Crippen molar-refractivity contribution in [3.63, 3.8) is 0 Å². The second kappa shape index (κ2) is 11.3. The molecule has 0 aliphatic heterocycles. The molecule has 0 unspecified atom stereocenters. The van der Waals surface area contributed by atoms with E-state index in [1.165, 1.54) is 0 Å². The van der Waals surface area contributed by atoms with E-state index in [0.717, 1.165) is 0 Å². The maximum Gasteiger partial charge on any atom is 1.00 e. The third kappa shape index (κ3) is 52.6. The largest absolute Gasteiger partial charge is 1.00 e. The summed E-state index contributed by atoms with van der Waals surface area (Å²) < 4.78 is 4.82. The maximum atomic E-state index is 10.1.